The molecule has 2 N–H and O–H groups in total. The summed E-state index contributed by atoms with van der Waals surface area (Å²) in [6, 6.07) is 2.90. The predicted octanol–water partition coefficient (Wildman–Crippen LogP) is 0.386. The van der Waals surface area contributed by atoms with Crippen LogP contribution in [0.5, 0.6) is 0 Å². The van der Waals surface area contributed by atoms with E-state index in [9.17, 15) is 12.8 Å². The van der Waals surface area contributed by atoms with Crippen molar-refractivity contribution in [2.24, 2.45) is 0 Å². The fourth-order valence-electron chi connectivity index (χ4n) is 1.60. The average molecular weight is 231 g/mol. The van der Waals surface area contributed by atoms with Gasteiger partial charge in [0.25, 0.3) is 0 Å². The largest absolute Gasteiger partial charge is 0.394 e. The van der Waals surface area contributed by atoms with E-state index in [4.69, 9.17) is 5.11 Å². The Bertz CT molecular complexity index is 486. The van der Waals surface area contributed by atoms with Crippen molar-refractivity contribution in [1.82, 2.24) is 0 Å². The molecule has 1 unspecified atom stereocenters. The summed E-state index contributed by atoms with van der Waals surface area (Å²) in [7, 11) is -3.41. The van der Waals surface area contributed by atoms with Crippen molar-refractivity contribution in [2.45, 2.75) is 10.9 Å². The van der Waals surface area contributed by atoms with Gasteiger partial charge in [-0.05, 0) is 18.2 Å². The molecule has 0 radical (unpaired) electrons. The summed E-state index contributed by atoms with van der Waals surface area (Å²) in [5.74, 6) is -0.669. The summed E-state index contributed by atoms with van der Waals surface area (Å²) < 4.78 is 36.2. The van der Waals surface area contributed by atoms with Crippen molar-refractivity contribution in [3.63, 3.8) is 0 Å². The number of benzene rings is 1. The molecule has 0 aliphatic carbocycles. The monoisotopic (exact) mass is 231 g/mol. The van der Waals surface area contributed by atoms with E-state index in [0.717, 1.165) is 12.1 Å². The molecule has 15 heavy (non-hydrogen) atoms. The van der Waals surface area contributed by atoms with Crippen molar-refractivity contribution in [3.8, 4) is 0 Å². The minimum atomic E-state index is -3.41. The van der Waals surface area contributed by atoms with Gasteiger partial charge in [-0.25, -0.2) is 12.8 Å². The summed E-state index contributed by atoms with van der Waals surface area (Å²) in [5.41, 5.74) is 0.223. The van der Waals surface area contributed by atoms with Crippen molar-refractivity contribution >= 4 is 15.5 Å². The highest BCUT2D eigenvalue weighted by Crippen LogP contribution is 2.28. The molecule has 0 saturated carbocycles. The standard InChI is InChI=1S/C9H10FNO3S/c10-6-1-2-9-8(3-6)11-7(4-12)5-15(9,13)14/h1-3,7,11-12H,4-5H2. The lowest BCUT2D eigenvalue weighted by atomic mass is 10.2. The van der Waals surface area contributed by atoms with Gasteiger partial charge in [0.15, 0.2) is 9.84 Å². The Balaban J connectivity index is 2.55. The van der Waals surface area contributed by atoms with Gasteiger partial charge < -0.3 is 10.4 Å². The Morgan fingerprint density at radius 2 is 2.27 bits per heavy atom. The number of fused-ring (bicyclic) bond motifs is 1. The molecule has 0 aromatic heterocycles. The van der Waals surface area contributed by atoms with E-state index in [1.165, 1.54) is 6.07 Å². The van der Waals surface area contributed by atoms with E-state index in [2.05, 4.69) is 5.32 Å². The summed E-state index contributed by atoms with van der Waals surface area (Å²) in [5, 5.41) is 11.7. The number of halogens is 1. The topological polar surface area (TPSA) is 66.4 Å². The highest BCUT2D eigenvalue weighted by molar-refractivity contribution is 7.91. The molecule has 2 rings (SSSR count). The minimum Gasteiger partial charge on any atom is -0.394 e. The first-order valence-corrected chi connectivity index (χ1v) is 6.08. The van der Waals surface area contributed by atoms with Crippen LogP contribution in [0, 0.1) is 5.82 Å². The third-order valence-electron chi connectivity index (χ3n) is 2.28. The third-order valence-corrected chi connectivity index (χ3v) is 4.14. The molecular weight excluding hydrogens is 221 g/mol. The fraction of sp³-hybridized carbons (Fsp3) is 0.333. The van der Waals surface area contributed by atoms with Crippen LogP contribution in [0.4, 0.5) is 10.1 Å². The van der Waals surface area contributed by atoms with E-state index in [-0.39, 0.29) is 22.9 Å². The minimum absolute atomic E-state index is 0.0913. The predicted molar refractivity (Wildman–Crippen MR) is 52.9 cm³/mol. The molecular formula is C9H10FNO3S. The molecule has 4 nitrogen and oxygen atoms in total. The second kappa shape index (κ2) is 3.46. The first-order valence-electron chi connectivity index (χ1n) is 4.42. The van der Waals surface area contributed by atoms with Gasteiger partial charge in [0.1, 0.15) is 5.82 Å². The van der Waals surface area contributed by atoms with Crippen LogP contribution in [-0.2, 0) is 9.84 Å². The Hall–Kier alpha value is -1.14. The van der Waals surface area contributed by atoms with E-state index >= 15 is 0 Å². The van der Waals surface area contributed by atoms with E-state index < -0.39 is 21.7 Å². The van der Waals surface area contributed by atoms with Gasteiger partial charge >= 0.3 is 0 Å². The van der Waals surface area contributed by atoms with Crippen LogP contribution >= 0.6 is 0 Å². The number of sulfone groups is 1. The molecule has 0 saturated heterocycles. The molecule has 1 aliphatic heterocycles. The van der Waals surface area contributed by atoms with Gasteiger partial charge in [0.2, 0.25) is 0 Å². The normalized spacial score (nSPS) is 22.9. The van der Waals surface area contributed by atoms with Crippen LogP contribution in [0.1, 0.15) is 0 Å². The van der Waals surface area contributed by atoms with Gasteiger partial charge in [-0.2, -0.15) is 0 Å². The molecule has 1 heterocycles. The lowest BCUT2D eigenvalue weighted by Crippen LogP contribution is -2.36. The average Bonchev–Trinajstić information content (AvgIpc) is 2.15. The van der Waals surface area contributed by atoms with E-state index in [1.807, 2.05) is 0 Å². The van der Waals surface area contributed by atoms with Crippen LogP contribution in [0.25, 0.3) is 0 Å². The van der Waals surface area contributed by atoms with Crippen molar-refractivity contribution < 1.29 is 17.9 Å². The Labute approximate surface area is 86.7 Å². The molecule has 1 aliphatic rings. The number of aliphatic hydroxyl groups is 1. The molecule has 0 amide bonds. The molecule has 1 aromatic carbocycles. The summed E-state index contributed by atoms with van der Waals surface area (Å²) in [4.78, 5) is 0.0913. The Morgan fingerprint density at radius 3 is 2.93 bits per heavy atom. The van der Waals surface area contributed by atoms with Gasteiger partial charge in [0, 0.05) is 0 Å². The highest BCUT2D eigenvalue weighted by atomic mass is 32.2. The fourth-order valence-corrected chi connectivity index (χ4v) is 3.23. The molecule has 1 aromatic rings. The second-order valence-corrected chi connectivity index (χ2v) is 5.45. The van der Waals surface area contributed by atoms with Gasteiger partial charge in [-0.3, -0.25) is 0 Å². The molecule has 0 fully saturated rings. The number of nitrogens with one attached hydrogen (secondary N) is 1. The number of hydrogen-bond donors (Lipinski definition) is 2. The maximum atomic E-state index is 12.9. The zero-order valence-corrected chi connectivity index (χ0v) is 8.59. The first kappa shape index (κ1) is 10.4. The van der Waals surface area contributed by atoms with Crippen LogP contribution in [0.15, 0.2) is 23.1 Å². The van der Waals surface area contributed by atoms with Crippen LogP contribution in [-0.4, -0.2) is 31.9 Å². The zero-order chi connectivity index (χ0) is 11.1. The Kier molecular flexibility index (Phi) is 2.40. The lowest BCUT2D eigenvalue weighted by molar-refractivity contribution is 0.281. The molecule has 6 heteroatoms. The van der Waals surface area contributed by atoms with Gasteiger partial charge in [-0.15, -0.1) is 0 Å². The number of hydrogen-bond acceptors (Lipinski definition) is 4. The smallest absolute Gasteiger partial charge is 0.182 e. The van der Waals surface area contributed by atoms with Crippen LogP contribution in [0.3, 0.4) is 0 Å². The number of aliphatic hydroxyl groups excluding tert-OH is 1. The zero-order valence-electron chi connectivity index (χ0n) is 7.77. The van der Waals surface area contributed by atoms with E-state index in [0.29, 0.717) is 0 Å². The summed E-state index contributed by atoms with van der Waals surface area (Å²) in [6.07, 6.45) is 0. The third kappa shape index (κ3) is 1.82. The van der Waals surface area contributed by atoms with Crippen molar-refractivity contribution in [1.29, 1.82) is 0 Å². The number of rotatable bonds is 1. The quantitative estimate of drug-likeness (QED) is 0.686. The van der Waals surface area contributed by atoms with Crippen LogP contribution < -0.4 is 5.32 Å². The molecule has 0 spiro atoms. The maximum Gasteiger partial charge on any atom is 0.182 e. The second-order valence-electron chi connectivity index (χ2n) is 3.45. The van der Waals surface area contributed by atoms with Gasteiger partial charge in [-0.1, -0.05) is 0 Å². The van der Waals surface area contributed by atoms with Gasteiger partial charge in [0.05, 0.1) is 29.0 Å². The number of anilines is 1. The molecule has 1 atom stereocenters. The lowest BCUT2D eigenvalue weighted by Gasteiger charge is -2.25. The van der Waals surface area contributed by atoms with Crippen molar-refractivity contribution in [2.75, 3.05) is 17.7 Å². The molecule has 0 bridgehead atoms. The molecule has 82 valence electrons. The summed E-state index contributed by atoms with van der Waals surface area (Å²) in [6.45, 7) is -0.296. The van der Waals surface area contributed by atoms with Crippen LogP contribution in [0.2, 0.25) is 0 Å². The first-order chi connectivity index (χ1) is 7.03. The maximum absolute atomic E-state index is 12.9. The van der Waals surface area contributed by atoms with E-state index in [1.54, 1.807) is 0 Å². The Morgan fingerprint density at radius 1 is 1.53 bits per heavy atom. The van der Waals surface area contributed by atoms with Crippen molar-refractivity contribution in [3.05, 3.63) is 24.0 Å². The highest BCUT2D eigenvalue weighted by Gasteiger charge is 2.29. The summed E-state index contributed by atoms with van der Waals surface area (Å²) >= 11 is 0. The SMILES string of the molecule is O=S1(=O)CC(CO)Nc2cc(F)ccc21.